The molecule has 0 saturated carbocycles. The van der Waals surface area contributed by atoms with Crippen molar-refractivity contribution in [3.8, 4) is 0 Å². The van der Waals surface area contributed by atoms with E-state index < -0.39 is 12.1 Å². The summed E-state index contributed by atoms with van der Waals surface area (Å²) < 4.78 is 0. The van der Waals surface area contributed by atoms with Crippen LogP contribution >= 0.6 is 0 Å². The van der Waals surface area contributed by atoms with E-state index in [0.29, 0.717) is 0 Å². The lowest BCUT2D eigenvalue weighted by Gasteiger charge is -2.24. The summed E-state index contributed by atoms with van der Waals surface area (Å²) >= 11 is 0. The predicted molar refractivity (Wildman–Crippen MR) is 53.6 cm³/mol. The monoisotopic (exact) mass is 187 g/mol. The lowest BCUT2D eigenvalue weighted by atomic mass is 9.97. The van der Waals surface area contributed by atoms with Crippen LogP contribution in [0, 0.1) is 5.92 Å². The first kappa shape index (κ1) is 12.6. The molecule has 2 N–H and O–H groups in total. The highest BCUT2D eigenvalue weighted by Crippen LogP contribution is 2.04. The molecule has 3 heteroatoms. The Kier molecular flexibility index (Phi) is 5.18. The second kappa shape index (κ2) is 5.35. The van der Waals surface area contributed by atoms with Gasteiger partial charge in [0.05, 0.1) is 12.1 Å². The van der Waals surface area contributed by atoms with Crippen LogP contribution in [0.25, 0.3) is 0 Å². The van der Waals surface area contributed by atoms with Crippen molar-refractivity contribution in [2.24, 2.45) is 5.92 Å². The minimum Gasteiger partial charge on any atom is -0.391 e. The third kappa shape index (κ3) is 4.39. The molecular formula is C10H21NO2. The SMILES string of the molecule is CC(C)N[C@H](C(=O)C(C)C)[C@@H](C)O. The molecule has 13 heavy (non-hydrogen) atoms. The lowest BCUT2D eigenvalue weighted by molar-refractivity contribution is -0.126. The fraction of sp³-hybridized carbons (Fsp3) is 0.900. The van der Waals surface area contributed by atoms with Crippen LogP contribution in [-0.4, -0.2) is 29.1 Å². The van der Waals surface area contributed by atoms with Gasteiger partial charge in [-0.15, -0.1) is 0 Å². The van der Waals surface area contributed by atoms with Crippen molar-refractivity contribution < 1.29 is 9.90 Å². The molecule has 0 aromatic rings. The number of hydrogen-bond acceptors (Lipinski definition) is 3. The Morgan fingerprint density at radius 2 is 1.62 bits per heavy atom. The Labute approximate surface area is 80.5 Å². The van der Waals surface area contributed by atoms with Crippen molar-refractivity contribution in [1.82, 2.24) is 5.32 Å². The van der Waals surface area contributed by atoms with E-state index in [0.717, 1.165) is 0 Å². The summed E-state index contributed by atoms with van der Waals surface area (Å²) in [4.78, 5) is 11.6. The summed E-state index contributed by atoms with van der Waals surface area (Å²) in [6.45, 7) is 9.26. The van der Waals surface area contributed by atoms with Gasteiger partial charge in [0.15, 0.2) is 5.78 Å². The molecule has 0 saturated heterocycles. The molecular weight excluding hydrogens is 166 g/mol. The van der Waals surface area contributed by atoms with Crippen molar-refractivity contribution in [3.05, 3.63) is 0 Å². The molecule has 0 bridgehead atoms. The Morgan fingerprint density at radius 3 is 1.85 bits per heavy atom. The minimum absolute atomic E-state index is 0.0363. The molecule has 0 aromatic heterocycles. The third-order valence-corrected chi connectivity index (χ3v) is 1.87. The number of carbonyl (C=O) groups is 1. The van der Waals surface area contributed by atoms with Crippen LogP contribution in [0.15, 0.2) is 0 Å². The van der Waals surface area contributed by atoms with Crippen LogP contribution in [-0.2, 0) is 4.79 Å². The fourth-order valence-corrected chi connectivity index (χ4v) is 1.18. The average Bonchev–Trinajstić information content (AvgIpc) is 1.97. The van der Waals surface area contributed by atoms with Crippen LogP contribution in [0.4, 0.5) is 0 Å². The zero-order valence-electron chi connectivity index (χ0n) is 9.16. The number of aliphatic hydroxyl groups excluding tert-OH is 1. The van der Waals surface area contributed by atoms with Crippen LogP contribution in [0.5, 0.6) is 0 Å². The maximum Gasteiger partial charge on any atom is 0.154 e. The number of Topliss-reactive ketones (excluding diaryl/α,β-unsaturated/α-hetero) is 1. The normalized spacial score (nSPS) is 16.3. The van der Waals surface area contributed by atoms with Crippen molar-refractivity contribution in [3.63, 3.8) is 0 Å². The second-order valence-corrected chi connectivity index (χ2v) is 4.10. The number of aliphatic hydroxyl groups is 1. The smallest absolute Gasteiger partial charge is 0.154 e. The predicted octanol–water partition coefficient (Wildman–Crippen LogP) is 0.959. The molecule has 78 valence electrons. The number of carbonyl (C=O) groups excluding carboxylic acids is 1. The van der Waals surface area contributed by atoms with Gasteiger partial charge in [-0.05, 0) is 6.92 Å². The van der Waals surface area contributed by atoms with Gasteiger partial charge in [-0.2, -0.15) is 0 Å². The summed E-state index contributed by atoms with van der Waals surface area (Å²) in [5.74, 6) is 0.0366. The van der Waals surface area contributed by atoms with Gasteiger partial charge in [0.2, 0.25) is 0 Å². The van der Waals surface area contributed by atoms with Crippen LogP contribution < -0.4 is 5.32 Å². The summed E-state index contributed by atoms with van der Waals surface area (Å²) in [5, 5.41) is 12.5. The van der Waals surface area contributed by atoms with Crippen LogP contribution in [0.3, 0.4) is 0 Å². The van der Waals surface area contributed by atoms with Gasteiger partial charge in [-0.1, -0.05) is 27.7 Å². The summed E-state index contributed by atoms with van der Waals surface area (Å²) in [6, 6.07) is -0.220. The van der Waals surface area contributed by atoms with Crippen LogP contribution in [0.1, 0.15) is 34.6 Å². The summed E-state index contributed by atoms with van der Waals surface area (Å²) in [5.41, 5.74) is 0. The molecule has 0 aliphatic rings. The molecule has 0 aromatic carbocycles. The molecule has 0 rings (SSSR count). The highest BCUT2D eigenvalue weighted by molar-refractivity contribution is 5.86. The molecule has 0 radical (unpaired) electrons. The molecule has 3 nitrogen and oxygen atoms in total. The van der Waals surface area contributed by atoms with E-state index in [4.69, 9.17) is 0 Å². The molecule has 0 fully saturated rings. The first-order valence-corrected chi connectivity index (χ1v) is 4.84. The van der Waals surface area contributed by atoms with E-state index >= 15 is 0 Å². The quantitative estimate of drug-likeness (QED) is 0.674. The van der Waals surface area contributed by atoms with E-state index in [1.165, 1.54) is 0 Å². The molecule has 0 spiro atoms. The third-order valence-electron chi connectivity index (χ3n) is 1.87. The number of ketones is 1. The Bertz CT molecular complexity index is 164. The van der Waals surface area contributed by atoms with E-state index in [-0.39, 0.29) is 17.7 Å². The first-order valence-electron chi connectivity index (χ1n) is 4.84. The van der Waals surface area contributed by atoms with E-state index in [2.05, 4.69) is 5.32 Å². The zero-order valence-corrected chi connectivity index (χ0v) is 9.16. The first-order chi connectivity index (χ1) is 5.86. The van der Waals surface area contributed by atoms with E-state index in [1.807, 2.05) is 27.7 Å². The van der Waals surface area contributed by atoms with E-state index in [9.17, 15) is 9.90 Å². The molecule has 0 amide bonds. The van der Waals surface area contributed by atoms with Gasteiger partial charge in [0, 0.05) is 12.0 Å². The van der Waals surface area contributed by atoms with Crippen molar-refractivity contribution in [1.29, 1.82) is 0 Å². The Morgan fingerprint density at radius 1 is 1.15 bits per heavy atom. The molecule has 0 unspecified atom stereocenters. The highest BCUT2D eigenvalue weighted by Gasteiger charge is 2.25. The van der Waals surface area contributed by atoms with Gasteiger partial charge in [-0.3, -0.25) is 4.79 Å². The van der Waals surface area contributed by atoms with Gasteiger partial charge >= 0.3 is 0 Å². The lowest BCUT2D eigenvalue weighted by Crippen LogP contribution is -2.49. The van der Waals surface area contributed by atoms with Crippen molar-refractivity contribution >= 4 is 5.78 Å². The minimum atomic E-state index is -0.628. The fourth-order valence-electron chi connectivity index (χ4n) is 1.18. The van der Waals surface area contributed by atoms with E-state index in [1.54, 1.807) is 6.92 Å². The Hall–Kier alpha value is -0.410. The molecule has 2 atom stereocenters. The largest absolute Gasteiger partial charge is 0.391 e. The molecule has 0 heterocycles. The van der Waals surface area contributed by atoms with Crippen molar-refractivity contribution in [2.45, 2.75) is 52.8 Å². The number of rotatable bonds is 5. The van der Waals surface area contributed by atoms with Gasteiger partial charge in [0.1, 0.15) is 0 Å². The summed E-state index contributed by atoms with van der Waals surface area (Å²) in [7, 11) is 0. The van der Waals surface area contributed by atoms with Gasteiger partial charge < -0.3 is 10.4 Å². The second-order valence-electron chi connectivity index (χ2n) is 4.10. The average molecular weight is 187 g/mol. The molecule has 0 aliphatic carbocycles. The van der Waals surface area contributed by atoms with Crippen molar-refractivity contribution in [2.75, 3.05) is 0 Å². The highest BCUT2D eigenvalue weighted by atomic mass is 16.3. The number of nitrogens with one attached hydrogen (secondary N) is 1. The Balaban J connectivity index is 4.33. The standard InChI is InChI=1S/C10H21NO2/c1-6(2)10(13)9(8(5)12)11-7(3)4/h6-9,11-12H,1-5H3/t8-,9+/m1/s1. The summed E-state index contributed by atoms with van der Waals surface area (Å²) in [6.07, 6.45) is -0.628. The molecule has 0 aliphatic heterocycles. The van der Waals surface area contributed by atoms with Crippen LogP contribution in [0.2, 0.25) is 0 Å². The van der Waals surface area contributed by atoms with Gasteiger partial charge in [-0.25, -0.2) is 0 Å². The number of hydrogen-bond donors (Lipinski definition) is 2. The van der Waals surface area contributed by atoms with Gasteiger partial charge in [0.25, 0.3) is 0 Å². The maximum absolute atomic E-state index is 11.6. The topological polar surface area (TPSA) is 49.3 Å². The maximum atomic E-state index is 11.6. The zero-order chi connectivity index (χ0) is 10.6.